The number of anilines is 1. The third-order valence-electron chi connectivity index (χ3n) is 2.55. The molecule has 0 saturated carbocycles. The Morgan fingerprint density at radius 3 is 2.88 bits per heavy atom. The Labute approximate surface area is 104 Å². The van der Waals surface area contributed by atoms with Crippen molar-refractivity contribution in [3.05, 3.63) is 47.0 Å². The molecule has 17 heavy (non-hydrogen) atoms. The average Bonchev–Trinajstić information content (AvgIpc) is 2.64. The van der Waals surface area contributed by atoms with Crippen LogP contribution in [0.4, 0.5) is 5.69 Å². The number of aromatic nitrogens is 2. The molecule has 4 nitrogen and oxygen atoms in total. The van der Waals surface area contributed by atoms with E-state index in [1.165, 1.54) is 0 Å². The standard InChI is InChI=1S/C12H12ClN3O/c1-16-5-4-15-12(16)7-11(17)9-3-2-8(13)6-10(9)14/h2-6H,7,14H2,1H3. The highest BCUT2D eigenvalue weighted by molar-refractivity contribution is 6.31. The Hall–Kier alpha value is -1.81. The van der Waals surface area contributed by atoms with Crippen molar-refractivity contribution >= 4 is 23.1 Å². The maximum Gasteiger partial charge on any atom is 0.172 e. The lowest BCUT2D eigenvalue weighted by Gasteiger charge is -2.05. The van der Waals surface area contributed by atoms with Gasteiger partial charge in [-0.1, -0.05) is 11.6 Å². The molecule has 0 unspecified atom stereocenters. The molecule has 0 aliphatic heterocycles. The van der Waals surface area contributed by atoms with E-state index < -0.39 is 0 Å². The fourth-order valence-corrected chi connectivity index (χ4v) is 1.77. The third-order valence-corrected chi connectivity index (χ3v) is 2.79. The lowest BCUT2D eigenvalue weighted by Crippen LogP contribution is -2.10. The topological polar surface area (TPSA) is 60.9 Å². The van der Waals surface area contributed by atoms with E-state index in [0.29, 0.717) is 22.1 Å². The summed E-state index contributed by atoms with van der Waals surface area (Å²) < 4.78 is 1.81. The SMILES string of the molecule is Cn1ccnc1CC(=O)c1ccc(Cl)cc1N. The van der Waals surface area contributed by atoms with Crippen LogP contribution < -0.4 is 5.73 Å². The minimum Gasteiger partial charge on any atom is -0.398 e. The Morgan fingerprint density at radius 1 is 1.53 bits per heavy atom. The monoisotopic (exact) mass is 249 g/mol. The van der Waals surface area contributed by atoms with Gasteiger partial charge in [0.1, 0.15) is 5.82 Å². The van der Waals surface area contributed by atoms with Crippen LogP contribution in [0.3, 0.4) is 0 Å². The van der Waals surface area contributed by atoms with E-state index in [-0.39, 0.29) is 12.2 Å². The number of ketones is 1. The molecule has 0 spiro atoms. The molecular formula is C12H12ClN3O. The van der Waals surface area contributed by atoms with Crippen molar-refractivity contribution in [1.29, 1.82) is 0 Å². The highest BCUT2D eigenvalue weighted by Gasteiger charge is 2.13. The van der Waals surface area contributed by atoms with E-state index in [1.54, 1.807) is 30.6 Å². The number of nitrogen functional groups attached to an aromatic ring is 1. The lowest BCUT2D eigenvalue weighted by atomic mass is 10.1. The molecule has 0 amide bonds. The lowest BCUT2D eigenvalue weighted by molar-refractivity contribution is 0.0991. The number of hydrogen-bond donors (Lipinski definition) is 1. The molecule has 0 fully saturated rings. The molecule has 1 aromatic heterocycles. The number of carbonyl (C=O) groups excluding carboxylic acids is 1. The van der Waals surface area contributed by atoms with Crippen molar-refractivity contribution in [3.8, 4) is 0 Å². The number of halogens is 1. The zero-order valence-corrected chi connectivity index (χ0v) is 10.1. The number of nitrogens with zero attached hydrogens (tertiary/aromatic N) is 2. The third kappa shape index (κ3) is 2.47. The number of nitrogens with two attached hydrogens (primary N) is 1. The summed E-state index contributed by atoms with van der Waals surface area (Å²) in [5.74, 6) is 0.651. The number of hydrogen-bond acceptors (Lipinski definition) is 3. The first-order valence-corrected chi connectivity index (χ1v) is 5.50. The van der Waals surface area contributed by atoms with Gasteiger partial charge in [-0.05, 0) is 18.2 Å². The molecule has 1 aromatic carbocycles. The molecule has 0 radical (unpaired) electrons. The summed E-state index contributed by atoms with van der Waals surface area (Å²) in [5, 5.41) is 0.524. The van der Waals surface area contributed by atoms with E-state index in [4.69, 9.17) is 17.3 Å². The first-order valence-electron chi connectivity index (χ1n) is 5.12. The largest absolute Gasteiger partial charge is 0.398 e. The molecule has 1 heterocycles. The van der Waals surface area contributed by atoms with Crippen LogP contribution >= 0.6 is 11.6 Å². The normalized spacial score (nSPS) is 10.5. The number of carbonyl (C=O) groups is 1. The fraction of sp³-hybridized carbons (Fsp3) is 0.167. The average molecular weight is 250 g/mol. The second-order valence-electron chi connectivity index (χ2n) is 3.79. The Bertz CT molecular complexity index is 563. The van der Waals surface area contributed by atoms with Gasteiger partial charge in [-0.15, -0.1) is 0 Å². The number of aryl methyl sites for hydroxylation is 1. The Morgan fingerprint density at radius 2 is 2.29 bits per heavy atom. The number of benzene rings is 1. The molecule has 2 rings (SSSR count). The number of imidazole rings is 1. The fourth-order valence-electron chi connectivity index (χ4n) is 1.59. The molecule has 2 N–H and O–H groups in total. The second-order valence-corrected chi connectivity index (χ2v) is 4.22. The van der Waals surface area contributed by atoms with Crippen molar-refractivity contribution in [2.75, 3.05) is 5.73 Å². The van der Waals surface area contributed by atoms with E-state index in [0.717, 1.165) is 0 Å². The zero-order chi connectivity index (χ0) is 12.4. The summed E-state index contributed by atoms with van der Waals surface area (Å²) in [5.41, 5.74) is 6.64. The molecular weight excluding hydrogens is 238 g/mol. The van der Waals surface area contributed by atoms with Crippen molar-refractivity contribution < 1.29 is 4.79 Å². The Kier molecular flexibility index (Phi) is 3.15. The number of rotatable bonds is 3. The summed E-state index contributed by atoms with van der Waals surface area (Å²) >= 11 is 5.78. The van der Waals surface area contributed by atoms with E-state index in [2.05, 4.69) is 4.98 Å². The van der Waals surface area contributed by atoms with E-state index >= 15 is 0 Å². The predicted molar refractivity (Wildman–Crippen MR) is 67.1 cm³/mol. The molecule has 88 valence electrons. The second kappa shape index (κ2) is 4.59. The van der Waals surface area contributed by atoms with Crippen LogP contribution in [0.2, 0.25) is 5.02 Å². The maximum atomic E-state index is 12.0. The predicted octanol–water partition coefficient (Wildman–Crippen LogP) is 2.08. The molecule has 5 heteroatoms. The maximum absolute atomic E-state index is 12.0. The van der Waals surface area contributed by atoms with Crippen LogP contribution in [0, 0.1) is 0 Å². The van der Waals surface area contributed by atoms with Crippen molar-refractivity contribution in [3.63, 3.8) is 0 Å². The van der Waals surface area contributed by atoms with Gasteiger partial charge in [0.05, 0.1) is 6.42 Å². The van der Waals surface area contributed by atoms with Gasteiger partial charge in [0.15, 0.2) is 5.78 Å². The molecule has 0 saturated heterocycles. The van der Waals surface area contributed by atoms with Crippen molar-refractivity contribution in [2.45, 2.75) is 6.42 Å². The van der Waals surface area contributed by atoms with Crippen molar-refractivity contribution in [2.24, 2.45) is 7.05 Å². The molecule has 0 aliphatic rings. The molecule has 2 aromatic rings. The minimum absolute atomic E-state index is 0.0616. The van der Waals surface area contributed by atoms with E-state index in [1.807, 2.05) is 11.6 Å². The first kappa shape index (κ1) is 11.7. The summed E-state index contributed by atoms with van der Waals surface area (Å²) in [6.45, 7) is 0. The van der Waals surface area contributed by atoms with Crippen LogP contribution in [0.5, 0.6) is 0 Å². The van der Waals surface area contributed by atoms with Gasteiger partial charge >= 0.3 is 0 Å². The van der Waals surface area contributed by atoms with Gasteiger partial charge < -0.3 is 10.3 Å². The first-order chi connectivity index (χ1) is 8.08. The van der Waals surface area contributed by atoms with Gasteiger partial charge in [-0.2, -0.15) is 0 Å². The zero-order valence-electron chi connectivity index (χ0n) is 9.35. The summed E-state index contributed by atoms with van der Waals surface area (Å²) in [4.78, 5) is 16.1. The van der Waals surface area contributed by atoms with Crippen LogP contribution in [-0.2, 0) is 13.5 Å². The number of Topliss-reactive ketones (excluding diaryl/α,β-unsaturated/α-hetero) is 1. The van der Waals surface area contributed by atoms with Crippen LogP contribution in [-0.4, -0.2) is 15.3 Å². The van der Waals surface area contributed by atoms with Crippen molar-refractivity contribution in [1.82, 2.24) is 9.55 Å². The quantitative estimate of drug-likeness (QED) is 0.669. The van der Waals surface area contributed by atoms with Gasteiger partial charge in [-0.3, -0.25) is 4.79 Å². The molecule has 0 bridgehead atoms. The molecule has 0 atom stereocenters. The van der Waals surface area contributed by atoms with Gasteiger partial charge in [-0.25, -0.2) is 4.98 Å². The van der Waals surface area contributed by atoms with Crippen LogP contribution in [0.25, 0.3) is 0 Å². The smallest absolute Gasteiger partial charge is 0.172 e. The van der Waals surface area contributed by atoms with Crippen LogP contribution in [0.15, 0.2) is 30.6 Å². The Balaban J connectivity index is 2.23. The summed E-state index contributed by atoms with van der Waals surface area (Å²) in [6, 6.07) is 4.87. The summed E-state index contributed by atoms with van der Waals surface area (Å²) in [6.07, 6.45) is 3.69. The van der Waals surface area contributed by atoms with Gasteiger partial charge in [0.25, 0.3) is 0 Å². The molecule has 0 aliphatic carbocycles. The van der Waals surface area contributed by atoms with Crippen LogP contribution in [0.1, 0.15) is 16.2 Å². The van der Waals surface area contributed by atoms with Gasteiger partial charge in [0.2, 0.25) is 0 Å². The highest BCUT2D eigenvalue weighted by Crippen LogP contribution is 2.19. The van der Waals surface area contributed by atoms with E-state index in [9.17, 15) is 4.79 Å². The summed E-state index contributed by atoms with van der Waals surface area (Å²) in [7, 11) is 1.85. The minimum atomic E-state index is -0.0616. The highest BCUT2D eigenvalue weighted by atomic mass is 35.5. The van der Waals surface area contributed by atoms with Gasteiger partial charge in [0, 0.05) is 35.7 Å².